The molecule has 0 radical (unpaired) electrons. The van der Waals surface area contributed by atoms with Gasteiger partial charge in [-0.25, -0.2) is 0 Å². The molecular formula is C42H66CeO3. The fraction of sp³-hybridized carbons (Fsp3) is 0.571. The Labute approximate surface area is 317 Å². The van der Waals surface area contributed by atoms with Gasteiger partial charge in [-0.15, -0.1) is 0 Å². The first-order chi connectivity index (χ1) is 19.9. The first-order valence-electron chi connectivity index (χ1n) is 16.4. The van der Waals surface area contributed by atoms with Crippen LogP contribution in [0.5, 0.6) is 17.2 Å². The molecule has 256 valence electrons. The number of rotatable bonds is 0. The van der Waals surface area contributed by atoms with Gasteiger partial charge in [-0.1, -0.05) is 179 Å². The molecule has 46 heavy (non-hydrogen) atoms. The maximum atomic E-state index is 10.3. The molecule has 0 aliphatic heterocycles. The van der Waals surface area contributed by atoms with Crippen molar-refractivity contribution >= 4 is 0 Å². The van der Waals surface area contributed by atoms with E-state index in [2.05, 4.69) is 125 Å². The van der Waals surface area contributed by atoms with Crippen LogP contribution in [0.2, 0.25) is 0 Å². The van der Waals surface area contributed by atoms with Crippen molar-refractivity contribution in [2.24, 2.45) is 0 Å². The number of benzene rings is 3. The second-order valence-corrected chi connectivity index (χ2v) is 18.6. The van der Waals surface area contributed by atoms with Gasteiger partial charge in [-0.2, -0.15) is 0 Å². The van der Waals surface area contributed by atoms with Gasteiger partial charge in [0.05, 0.1) is 0 Å². The van der Waals surface area contributed by atoms with Gasteiger partial charge in [-0.3, -0.25) is 0 Å². The zero-order chi connectivity index (χ0) is 35.6. The van der Waals surface area contributed by atoms with Crippen LogP contribution in [-0.2, 0) is 32.5 Å². The Hall–Kier alpha value is -1.56. The predicted molar refractivity (Wildman–Crippen MR) is 197 cm³/mol. The van der Waals surface area contributed by atoms with E-state index in [0.29, 0.717) is 17.2 Å². The molecule has 0 saturated heterocycles. The van der Waals surface area contributed by atoms with E-state index in [1.165, 1.54) is 0 Å². The summed E-state index contributed by atoms with van der Waals surface area (Å²) in [5.74, 6) is 1.37. The molecule has 3 N–H and O–H groups in total. The van der Waals surface area contributed by atoms with Crippen molar-refractivity contribution in [3.05, 3.63) is 88.0 Å². The fourth-order valence-electron chi connectivity index (χ4n) is 5.26. The van der Waals surface area contributed by atoms with Crippen LogP contribution in [0.1, 0.15) is 158 Å². The Bertz CT molecular complexity index is 1140. The third kappa shape index (κ3) is 12.5. The maximum absolute atomic E-state index is 10.3. The largest absolute Gasteiger partial charge is 0.507 e. The first-order valence-corrected chi connectivity index (χ1v) is 16.4. The summed E-state index contributed by atoms with van der Waals surface area (Å²) in [5, 5.41) is 30.8. The summed E-state index contributed by atoms with van der Waals surface area (Å²) in [6, 6.07) is 18.1. The van der Waals surface area contributed by atoms with Gasteiger partial charge in [0.15, 0.2) is 0 Å². The number of hydrogen-bond donors (Lipinski definition) is 3. The monoisotopic (exact) mass is 758 g/mol. The van der Waals surface area contributed by atoms with Crippen LogP contribution in [0, 0.1) is 41.7 Å². The van der Waals surface area contributed by atoms with Crippen molar-refractivity contribution in [1.29, 1.82) is 0 Å². The van der Waals surface area contributed by atoms with Gasteiger partial charge in [0.2, 0.25) is 0 Å². The van der Waals surface area contributed by atoms with Gasteiger partial charge < -0.3 is 15.3 Å². The topological polar surface area (TPSA) is 60.7 Å². The van der Waals surface area contributed by atoms with Crippen LogP contribution in [0.3, 0.4) is 0 Å². The molecule has 0 atom stereocenters. The van der Waals surface area contributed by atoms with Crippen LogP contribution in [0.25, 0.3) is 0 Å². The summed E-state index contributed by atoms with van der Waals surface area (Å²) in [5.41, 5.74) is 6.09. The number of aromatic hydroxyl groups is 3. The summed E-state index contributed by atoms with van der Waals surface area (Å²) in [7, 11) is 0. The van der Waals surface area contributed by atoms with Crippen LogP contribution < -0.4 is 0 Å². The number of phenols is 3. The van der Waals surface area contributed by atoms with Crippen molar-refractivity contribution in [2.45, 2.75) is 157 Å². The van der Waals surface area contributed by atoms with E-state index in [4.69, 9.17) is 0 Å². The summed E-state index contributed by atoms with van der Waals surface area (Å²) in [6.07, 6.45) is 0. The fourth-order valence-corrected chi connectivity index (χ4v) is 5.26. The molecule has 0 saturated carbocycles. The molecule has 3 nitrogen and oxygen atoms in total. The van der Waals surface area contributed by atoms with E-state index < -0.39 is 0 Å². The van der Waals surface area contributed by atoms with Gasteiger partial charge in [0, 0.05) is 41.7 Å². The van der Waals surface area contributed by atoms with E-state index in [1.54, 1.807) is 0 Å². The molecular weight excluding hydrogens is 693 g/mol. The van der Waals surface area contributed by atoms with Gasteiger partial charge in [0.25, 0.3) is 0 Å². The quantitative estimate of drug-likeness (QED) is 0.214. The van der Waals surface area contributed by atoms with Crippen LogP contribution in [-0.4, -0.2) is 15.3 Å². The van der Waals surface area contributed by atoms with E-state index in [1.807, 2.05) is 54.6 Å². The molecule has 0 unspecified atom stereocenters. The Morgan fingerprint density at radius 1 is 0.283 bits per heavy atom. The predicted octanol–water partition coefficient (Wildman–Crippen LogP) is 12.0. The van der Waals surface area contributed by atoms with Gasteiger partial charge in [0.1, 0.15) is 17.2 Å². The molecule has 0 amide bonds. The van der Waals surface area contributed by atoms with Gasteiger partial charge >= 0.3 is 0 Å². The van der Waals surface area contributed by atoms with Crippen LogP contribution in [0.15, 0.2) is 54.6 Å². The van der Waals surface area contributed by atoms with E-state index in [-0.39, 0.29) is 74.2 Å². The Balaban J connectivity index is 0.000000653. The SMILES string of the molecule is CC(C)(C)c1cccc(C(C)(C)C)c1O.CC(C)(C)c1cccc(C(C)(C)C)c1O.CC(C)(C)c1cccc(C(C)(C)C)c1O.[Ce]. The third-order valence-electron chi connectivity index (χ3n) is 7.96. The minimum Gasteiger partial charge on any atom is -0.507 e. The second-order valence-electron chi connectivity index (χ2n) is 18.6. The minimum absolute atomic E-state index is 0. The maximum Gasteiger partial charge on any atom is 0.123 e. The molecule has 3 aromatic rings. The number of para-hydroxylation sites is 3. The second kappa shape index (κ2) is 15.8. The molecule has 0 spiro atoms. The molecule has 0 heterocycles. The molecule has 0 aliphatic rings. The average Bonchev–Trinajstić information content (AvgIpc) is 2.81. The molecule has 0 fully saturated rings. The Morgan fingerprint density at radius 3 is 0.478 bits per heavy atom. The summed E-state index contributed by atoms with van der Waals surface area (Å²) < 4.78 is 0. The van der Waals surface area contributed by atoms with E-state index in [0.717, 1.165) is 33.4 Å². The summed E-state index contributed by atoms with van der Waals surface area (Å²) in [4.78, 5) is 0. The van der Waals surface area contributed by atoms with Crippen molar-refractivity contribution in [1.82, 2.24) is 0 Å². The molecule has 0 bridgehead atoms. The third-order valence-corrected chi connectivity index (χ3v) is 7.96. The van der Waals surface area contributed by atoms with E-state index >= 15 is 0 Å². The van der Waals surface area contributed by atoms with Crippen LogP contribution in [0.4, 0.5) is 0 Å². The van der Waals surface area contributed by atoms with Crippen molar-refractivity contribution in [2.75, 3.05) is 0 Å². The molecule has 3 aromatic carbocycles. The Kier molecular flexibility index (Phi) is 15.2. The van der Waals surface area contributed by atoms with Crippen molar-refractivity contribution in [3.8, 4) is 17.2 Å². The smallest absolute Gasteiger partial charge is 0.123 e. The van der Waals surface area contributed by atoms with Crippen LogP contribution >= 0.6 is 0 Å². The standard InChI is InChI=1S/3C14H22O.Ce/c3*1-13(2,3)10-8-7-9-11(12(10)15)14(4,5)6;/h3*7-9,15H,1-6H3;. The zero-order valence-corrected chi connectivity index (χ0v) is 35.7. The number of phenolic OH excluding ortho intramolecular Hbond substituents is 3. The Morgan fingerprint density at radius 2 is 0.391 bits per heavy atom. The summed E-state index contributed by atoms with van der Waals surface area (Å²) >= 11 is 0. The molecule has 3 rings (SSSR count). The van der Waals surface area contributed by atoms with Crippen molar-refractivity contribution in [3.63, 3.8) is 0 Å². The van der Waals surface area contributed by atoms with Crippen molar-refractivity contribution < 1.29 is 57.1 Å². The average molecular weight is 759 g/mol. The van der Waals surface area contributed by atoms with E-state index in [9.17, 15) is 15.3 Å². The number of hydrogen-bond acceptors (Lipinski definition) is 3. The summed E-state index contributed by atoms with van der Waals surface area (Å²) in [6.45, 7) is 38.2. The minimum atomic E-state index is -0.00859. The normalized spacial score (nSPS) is 12.7. The first kappa shape index (κ1) is 44.4. The molecule has 0 aromatic heterocycles. The zero-order valence-electron chi connectivity index (χ0n) is 32.5. The molecule has 0 aliphatic carbocycles. The molecule has 4 heteroatoms. The van der Waals surface area contributed by atoms with Gasteiger partial charge in [-0.05, 0) is 65.9 Å².